The average Bonchev–Trinajstić information content (AvgIpc) is 3.14. The lowest BCUT2D eigenvalue weighted by atomic mass is 9.93. The van der Waals surface area contributed by atoms with Crippen LogP contribution in [0.25, 0.3) is 11.4 Å². The fourth-order valence-electron chi connectivity index (χ4n) is 6.56. The first kappa shape index (κ1) is 42.8. The first-order valence-corrected chi connectivity index (χ1v) is 20.8. The molecule has 0 spiro atoms. The van der Waals surface area contributed by atoms with Gasteiger partial charge in [0.05, 0.1) is 30.6 Å². The molecule has 4 aromatic rings. The van der Waals surface area contributed by atoms with E-state index in [0.717, 1.165) is 22.3 Å². The van der Waals surface area contributed by atoms with Crippen LogP contribution in [0.2, 0.25) is 0 Å². The minimum atomic E-state index is -0.622. The van der Waals surface area contributed by atoms with E-state index in [4.69, 9.17) is 9.47 Å². The molecule has 0 aliphatic carbocycles. The highest BCUT2D eigenvalue weighted by molar-refractivity contribution is 14.1. The molecule has 0 N–H and O–H groups in total. The summed E-state index contributed by atoms with van der Waals surface area (Å²) >= 11 is 4.11. The lowest BCUT2D eigenvalue weighted by Crippen LogP contribution is -2.47. The number of halogens is 2. The van der Waals surface area contributed by atoms with Crippen molar-refractivity contribution in [3.8, 4) is 0 Å². The minimum absolute atomic E-state index is 0.0557. The molecule has 56 heavy (non-hydrogen) atoms. The molecule has 292 valence electrons. The Hall–Kier alpha value is -4.30. The molecule has 10 heteroatoms. The maximum atomic E-state index is 13.2. The molecule has 0 fully saturated rings. The highest BCUT2D eigenvalue weighted by Crippen LogP contribution is 2.39. The van der Waals surface area contributed by atoms with Crippen molar-refractivity contribution < 1.29 is 28.7 Å². The molecule has 2 aliphatic rings. The van der Waals surface area contributed by atoms with Crippen LogP contribution in [-0.4, -0.2) is 56.8 Å². The number of hydrogen-bond donors (Lipinski definition) is 0. The second-order valence-electron chi connectivity index (χ2n) is 15.7. The molecule has 0 saturated heterocycles. The van der Waals surface area contributed by atoms with E-state index in [1.54, 1.807) is 9.80 Å². The van der Waals surface area contributed by atoms with Gasteiger partial charge in [-0.3, -0.25) is 19.4 Å². The zero-order valence-corrected chi connectivity index (χ0v) is 36.9. The summed E-state index contributed by atoms with van der Waals surface area (Å²) in [7, 11) is 0. The molecule has 2 heterocycles. The van der Waals surface area contributed by atoms with E-state index in [9.17, 15) is 19.2 Å². The fraction of sp³-hybridized carbons (Fsp3) is 0.304. The van der Waals surface area contributed by atoms with Gasteiger partial charge in [0, 0.05) is 12.8 Å². The number of amides is 2. The molecule has 2 aliphatic heterocycles. The van der Waals surface area contributed by atoms with Gasteiger partial charge in [0.15, 0.2) is 11.6 Å². The summed E-state index contributed by atoms with van der Waals surface area (Å²) < 4.78 is 12.6. The molecule has 2 amide bonds. The Kier molecular flexibility index (Phi) is 14.4. The zero-order chi connectivity index (χ0) is 40.6. The number of carbonyl (C=O) groups is 4. The maximum absolute atomic E-state index is 13.2. The van der Waals surface area contributed by atoms with Crippen LogP contribution in [0.3, 0.4) is 0 Å². The summed E-state index contributed by atoms with van der Waals surface area (Å²) in [6, 6.07) is 38.4. The second-order valence-corrected chi connectivity index (χ2v) is 17.9. The van der Waals surface area contributed by atoms with Gasteiger partial charge in [-0.25, -0.2) is 9.59 Å². The Morgan fingerprint density at radius 2 is 0.821 bits per heavy atom. The van der Waals surface area contributed by atoms with Crippen molar-refractivity contribution in [1.82, 2.24) is 9.80 Å². The Morgan fingerprint density at radius 1 is 0.536 bits per heavy atom. The molecule has 0 unspecified atom stereocenters. The number of ketones is 2. The van der Waals surface area contributed by atoms with Crippen molar-refractivity contribution in [3.05, 3.63) is 151 Å². The maximum Gasteiger partial charge on any atom is 0.415 e. The van der Waals surface area contributed by atoms with Crippen LogP contribution >= 0.6 is 45.2 Å². The summed E-state index contributed by atoms with van der Waals surface area (Å²) in [5, 5.41) is 0. The van der Waals surface area contributed by atoms with Crippen LogP contribution in [0.1, 0.15) is 76.6 Å². The lowest BCUT2D eigenvalue weighted by molar-refractivity contribution is -0.117. The van der Waals surface area contributed by atoms with Gasteiger partial charge in [-0.1, -0.05) is 121 Å². The normalized spacial score (nSPS) is 17.6. The number of ether oxygens (including phenoxy) is 2. The highest BCUT2D eigenvalue weighted by Gasteiger charge is 2.41. The minimum Gasteiger partial charge on any atom is -0.443 e. The van der Waals surface area contributed by atoms with E-state index in [2.05, 4.69) is 45.2 Å². The standard InChI is InChI=1S/2C23H24INO3/c2*1-23(2,3)28-22(27)25-18(14-16-10-6-4-7-11-16)15-19(26)20(24)21(25)17-12-8-5-9-13-17/h2*4-13,18H,14-15H2,1-3H3/t2*18-/m00/s1. The van der Waals surface area contributed by atoms with Crippen LogP contribution in [0.15, 0.2) is 128 Å². The summed E-state index contributed by atoms with van der Waals surface area (Å²) in [5.41, 5.74) is 3.86. The third-order valence-electron chi connectivity index (χ3n) is 8.86. The van der Waals surface area contributed by atoms with Crippen LogP contribution in [-0.2, 0) is 31.9 Å². The number of Topliss-reactive ketones (excluding diaryl/α,β-unsaturated/α-hetero) is 2. The smallest absolute Gasteiger partial charge is 0.415 e. The Balaban J connectivity index is 0.000000214. The summed E-state index contributed by atoms with van der Waals surface area (Å²) in [6.07, 6.45) is 0.895. The molecular formula is C46H48I2N2O6. The van der Waals surface area contributed by atoms with Gasteiger partial charge in [-0.05, 0) is 122 Å². The van der Waals surface area contributed by atoms with Crippen molar-refractivity contribution in [1.29, 1.82) is 0 Å². The third kappa shape index (κ3) is 11.4. The molecular weight excluding hydrogens is 930 g/mol. The molecule has 0 bridgehead atoms. The summed E-state index contributed by atoms with van der Waals surface area (Å²) in [4.78, 5) is 55.3. The molecule has 6 rings (SSSR count). The van der Waals surface area contributed by atoms with Crippen molar-refractivity contribution in [2.24, 2.45) is 0 Å². The number of rotatable bonds is 6. The second kappa shape index (κ2) is 18.8. The SMILES string of the molecule is CC(C)(C)OC(=O)N1C(c2ccccc2)=C(I)C(=O)C[C@@H]1Cc1ccccc1.CC(C)(C)OC(=O)N1C(c2ccccc2)=C(I)C(=O)C[C@@H]1Cc1ccccc1. The molecule has 8 nitrogen and oxygen atoms in total. The van der Waals surface area contributed by atoms with Crippen molar-refractivity contribution in [3.63, 3.8) is 0 Å². The molecule has 0 radical (unpaired) electrons. The van der Waals surface area contributed by atoms with E-state index in [1.807, 2.05) is 163 Å². The number of hydrogen-bond acceptors (Lipinski definition) is 6. The van der Waals surface area contributed by atoms with E-state index in [1.165, 1.54) is 0 Å². The number of carbonyl (C=O) groups excluding carboxylic acids is 4. The Labute approximate surface area is 357 Å². The van der Waals surface area contributed by atoms with E-state index in [-0.39, 0.29) is 36.5 Å². The Bertz CT molecular complexity index is 1920. The number of benzene rings is 4. The van der Waals surface area contributed by atoms with E-state index < -0.39 is 23.4 Å². The van der Waals surface area contributed by atoms with Gasteiger partial charge >= 0.3 is 12.2 Å². The van der Waals surface area contributed by atoms with Gasteiger partial charge < -0.3 is 9.47 Å². The quantitative estimate of drug-likeness (QED) is 0.179. The molecule has 4 aromatic carbocycles. The van der Waals surface area contributed by atoms with Crippen molar-refractivity contribution in [2.75, 3.05) is 0 Å². The molecule has 0 saturated carbocycles. The van der Waals surface area contributed by atoms with Gasteiger partial charge in [-0.2, -0.15) is 0 Å². The predicted molar refractivity (Wildman–Crippen MR) is 238 cm³/mol. The van der Waals surface area contributed by atoms with Crippen LogP contribution in [0.4, 0.5) is 9.59 Å². The molecule has 2 atom stereocenters. The first-order chi connectivity index (χ1) is 26.5. The fourth-order valence-corrected chi connectivity index (χ4v) is 8.14. The first-order valence-electron chi connectivity index (χ1n) is 18.6. The van der Waals surface area contributed by atoms with Gasteiger partial charge in [0.1, 0.15) is 11.2 Å². The lowest BCUT2D eigenvalue weighted by Gasteiger charge is -2.38. The van der Waals surface area contributed by atoms with Gasteiger partial charge in [-0.15, -0.1) is 0 Å². The Morgan fingerprint density at radius 3 is 1.11 bits per heavy atom. The van der Waals surface area contributed by atoms with E-state index in [0.29, 0.717) is 31.4 Å². The predicted octanol–water partition coefficient (Wildman–Crippen LogP) is 11.2. The average molecular weight is 979 g/mol. The third-order valence-corrected chi connectivity index (χ3v) is 11.1. The largest absolute Gasteiger partial charge is 0.443 e. The number of nitrogens with zero attached hydrogens (tertiary/aromatic N) is 2. The van der Waals surface area contributed by atoms with Crippen molar-refractivity contribution in [2.45, 2.75) is 90.5 Å². The van der Waals surface area contributed by atoms with Gasteiger partial charge in [0.2, 0.25) is 0 Å². The summed E-state index contributed by atoms with van der Waals surface area (Å²) in [5.74, 6) is 0.111. The highest BCUT2D eigenvalue weighted by atomic mass is 127. The van der Waals surface area contributed by atoms with Gasteiger partial charge in [0.25, 0.3) is 0 Å². The van der Waals surface area contributed by atoms with Crippen molar-refractivity contribution >= 4 is 80.3 Å². The monoisotopic (exact) mass is 978 g/mol. The number of allylic oxidation sites excluding steroid dienone is 2. The topological polar surface area (TPSA) is 93.2 Å². The molecule has 0 aromatic heterocycles. The van der Waals surface area contributed by atoms with Crippen LogP contribution in [0.5, 0.6) is 0 Å². The van der Waals surface area contributed by atoms with Crippen LogP contribution in [0, 0.1) is 0 Å². The van der Waals surface area contributed by atoms with E-state index >= 15 is 0 Å². The summed E-state index contributed by atoms with van der Waals surface area (Å²) in [6.45, 7) is 11.1. The van der Waals surface area contributed by atoms with Crippen LogP contribution < -0.4 is 0 Å². The zero-order valence-electron chi connectivity index (χ0n) is 32.6.